The summed E-state index contributed by atoms with van der Waals surface area (Å²) in [6, 6.07) is 7.05. The molecule has 0 unspecified atom stereocenters. The standard InChI is InChI=1S/C20H30N2O4.ClH/c1-3-26-17-6-4-16(5-7-17)18(23)8-9-19(24)22-14-20(15-25-2)10-12-21-13-11-20;/h4-7,21H,3,8-15H2,1-2H3,(H,22,24);1H. The number of carbonyl (C=O) groups excluding carboxylic acids is 2. The molecule has 2 N–H and O–H groups in total. The number of benzene rings is 1. The lowest BCUT2D eigenvalue weighted by Crippen LogP contribution is -2.47. The summed E-state index contributed by atoms with van der Waals surface area (Å²) in [4.78, 5) is 24.4. The number of hydrogen-bond donors (Lipinski definition) is 2. The van der Waals surface area contributed by atoms with Crippen molar-refractivity contribution < 1.29 is 19.1 Å². The SMILES string of the molecule is CCOc1ccc(C(=O)CCC(=O)NCC2(COC)CCNCC2)cc1.Cl. The fraction of sp³-hybridized carbons (Fsp3) is 0.600. The number of methoxy groups -OCH3 is 1. The van der Waals surface area contributed by atoms with Crippen molar-refractivity contribution in [1.82, 2.24) is 10.6 Å². The average Bonchev–Trinajstić information content (AvgIpc) is 2.66. The zero-order valence-corrected chi connectivity index (χ0v) is 17.0. The molecule has 27 heavy (non-hydrogen) atoms. The van der Waals surface area contributed by atoms with Crippen LogP contribution in [0, 0.1) is 5.41 Å². The van der Waals surface area contributed by atoms with Crippen LogP contribution in [0.15, 0.2) is 24.3 Å². The second-order valence-electron chi connectivity index (χ2n) is 6.84. The van der Waals surface area contributed by atoms with Crippen LogP contribution in [0.1, 0.15) is 43.0 Å². The lowest BCUT2D eigenvalue weighted by atomic mass is 9.79. The highest BCUT2D eigenvalue weighted by Gasteiger charge is 2.32. The second-order valence-corrected chi connectivity index (χ2v) is 6.84. The molecule has 2 rings (SSSR count). The van der Waals surface area contributed by atoms with E-state index in [-0.39, 0.29) is 42.4 Å². The van der Waals surface area contributed by atoms with Gasteiger partial charge in [0.25, 0.3) is 0 Å². The molecule has 0 bridgehead atoms. The number of ether oxygens (including phenoxy) is 2. The summed E-state index contributed by atoms with van der Waals surface area (Å²) in [6.07, 6.45) is 2.37. The van der Waals surface area contributed by atoms with E-state index in [1.807, 2.05) is 6.92 Å². The Morgan fingerprint density at radius 3 is 2.41 bits per heavy atom. The molecule has 0 spiro atoms. The molecule has 7 heteroatoms. The van der Waals surface area contributed by atoms with Crippen molar-refractivity contribution in [2.75, 3.05) is 40.0 Å². The summed E-state index contributed by atoms with van der Waals surface area (Å²) in [5.74, 6) is 0.627. The summed E-state index contributed by atoms with van der Waals surface area (Å²) in [5, 5.41) is 6.33. The number of amides is 1. The van der Waals surface area contributed by atoms with Crippen LogP contribution in [0.5, 0.6) is 5.75 Å². The summed E-state index contributed by atoms with van der Waals surface area (Å²) in [6.45, 7) is 5.62. The third kappa shape index (κ3) is 7.48. The summed E-state index contributed by atoms with van der Waals surface area (Å²) in [5.41, 5.74) is 0.602. The van der Waals surface area contributed by atoms with Crippen molar-refractivity contribution >= 4 is 24.1 Å². The maximum atomic E-state index is 12.2. The van der Waals surface area contributed by atoms with Gasteiger partial charge in [0.05, 0.1) is 13.2 Å². The molecular formula is C20H31ClN2O4. The molecule has 1 aliphatic rings. The van der Waals surface area contributed by atoms with Gasteiger partial charge < -0.3 is 20.1 Å². The lowest BCUT2D eigenvalue weighted by Gasteiger charge is -2.37. The van der Waals surface area contributed by atoms with E-state index in [1.54, 1.807) is 31.4 Å². The van der Waals surface area contributed by atoms with E-state index in [0.29, 0.717) is 25.3 Å². The number of rotatable bonds is 10. The van der Waals surface area contributed by atoms with Crippen molar-refractivity contribution in [2.24, 2.45) is 5.41 Å². The molecule has 1 aliphatic heterocycles. The fourth-order valence-electron chi connectivity index (χ4n) is 3.29. The Kier molecular flexibility index (Phi) is 10.4. The van der Waals surface area contributed by atoms with E-state index < -0.39 is 0 Å². The maximum absolute atomic E-state index is 12.2. The molecule has 1 aromatic carbocycles. The van der Waals surface area contributed by atoms with Crippen LogP contribution in [0.2, 0.25) is 0 Å². The molecule has 1 heterocycles. The van der Waals surface area contributed by atoms with Gasteiger partial charge in [-0.25, -0.2) is 0 Å². The topological polar surface area (TPSA) is 76.7 Å². The molecule has 1 saturated heterocycles. The molecule has 152 valence electrons. The third-order valence-electron chi connectivity index (χ3n) is 4.84. The van der Waals surface area contributed by atoms with E-state index in [9.17, 15) is 9.59 Å². The zero-order chi connectivity index (χ0) is 18.8. The minimum Gasteiger partial charge on any atom is -0.494 e. The Bertz CT molecular complexity index is 581. The summed E-state index contributed by atoms with van der Waals surface area (Å²) in [7, 11) is 1.70. The first-order chi connectivity index (χ1) is 12.6. The average molecular weight is 399 g/mol. The van der Waals surface area contributed by atoms with Gasteiger partial charge in [0.2, 0.25) is 5.91 Å². The molecular weight excluding hydrogens is 368 g/mol. The fourth-order valence-corrected chi connectivity index (χ4v) is 3.29. The first kappa shape index (κ1) is 23.4. The molecule has 0 saturated carbocycles. The van der Waals surface area contributed by atoms with Gasteiger partial charge in [-0.3, -0.25) is 9.59 Å². The number of ketones is 1. The summed E-state index contributed by atoms with van der Waals surface area (Å²) < 4.78 is 10.7. The van der Waals surface area contributed by atoms with Gasteiger partial charge in [0, 0.05) is 37.5 Å². The van der Waals surface area contributed by atoms with Crippen LogP contribution in [-0.4, -0.2) is 51.6 Å². The second kappa shape index (κ2) is 12.0. The lowest BCUT2D eigenvalue weighted by molar-refractivity contribution is -0.122. The first-order valence-electron chi connectivity index (χ1n) is 9.31. The van der Waals surface area contributed by atoms with Crippen LogP contribution in [-0.2, 0) is 9.53 Å². The van der Waals surface area contributed by atoms with Crippen LogP contribution in [0.4, 0.5) is 0 Å². The van der Waals surface area contributed by atoms with Gasteiger partial charge in [-0.15, -0.1) is 12.4 Å². The van der Waals surface area contributed by atoms with E-state index in [0.717, 1.165) is 31.7 Å². The van der Waals surface area contributed by atoms with Crippen LogP contribution in [0.3, 0.4) is 0 Å². The van der Waals surface area contributed by atoms with E-state index in [2.05, 4.69) is 10.6 Å². The highest BCUT2D eigenvalue weighted by atomic mass is 35.5. The van der Waals surface area contributed by atoms with Crippen molar-refractivity contribution in [2.45, 2.75) is 32.6 Å². The third-order valence-corrected chi connectivity index (χ3v) is 4.84. The van der Waals surface area contributed by atoms with E-state index in [1.165, 1.54) is 0 Å². The van der Waals surface area contributed by atoms with Crippen LogP contribution < -0.4 is 15.4 Å². The minimum atomic E-state index is -0.0849. The van der Waals surface area contributed by atoms with Gasteiger partial charge in [0.1, 0.15) is 5.75 Å². The minimum absolute atomic E-state index is 0. The number of nitrogens with one attached hydrogen (secondary N) is 2. The highest BCUT2D eigenvalue weighted by molar-refractivity contribution is 5.98. The van der Waals surface area contributed by atoms with Crippen LogP contribution in [0.25, 0.3) is 0 Å². The van der Waals surface area contributed by atoms with Crippen LogP contribution >= 0.6 is 12.4 Å². The highest BCUT2D eigenvalue weighted by Crippen LogP contribution is 2.28. The Balaban J connectivity index is 0.00000364. The number of Topliss-reactive ketones (excluding diaryl/α,β-unsaturated/α-hetero) is 1. The molecule has 0 radical (unpaired) electrons. The molecule has 6 nitrogen and oxygen atoms in total. The molecule has 1 fully saturated rings. The van der Waals surface area contributed by atoms with Crippen molar-refractivity contribution in [3.05, 3.63) is 29.8 Å². The predicted octanol–water partition coefficient (Wildman–Crippen LogP) is 2.60. The van der Waals surface area contributed by atoms with E-state index >= 15 is 0 Å². The molecule has 0 atom stereocenters. The normalized spacial score (nSPS) is 15.5. The maximum Gasteiger partial charge on any atom is 0.220 e. The molecule has 0 aromatic heterocycles. The number of carbonyl (C=O) groups is 2. The van der Waals surface area contributed by atoms with Gasteiger partial charge in [0.15, 0.2) is 5.78 Å². The predicted molar refractivity (Wildman–Crippen MR) is 108 cm³/mol. The zero-order valence-electron chi connectivity index (χ0n) is 16.2. The largest absolute Gasteiger partial charge is 0.494 e. The smallest absolute Gasteiger partial charge is 0.220 e. The summed E-state index contributed by atoms with van der Waals surface area (Å²) >= 11 is 0. The quantitative estimate of drug-likeness (QED) is 0.592. The Morgan fingerprint density at radius 1 is 1.15 bits per heavy atom. The van der Waals surface area contributed by atoms with Crippen molar-refractivity contribution in [3.8, 4) is 5.75 Å². The van der Waals surface area contributed by atoms with Gasteiger partial charge in [-0.2, -0.15) is 0 Å². The first-order valence-corrected chi connectivity index (χ1v) is 9.31. The van der Waals surface area contributed by atoms with Crippen molar-refractivity contribution in [1.29, 1.82) is 0 Å². The Morgan fingerprint density at radius 2 is 1.81 bits per heavy atom. The molecule has 0 aliphatic carbocycles. The van der Waals surface area contributed by atoms with Gasteiger partial charge in [-0.05, 0) is 57.1 Å². The number of hydrogen-bond acceptors (Lipinski definition) is 5. The Labute approximate surface area is 167 Å². The number of piperidine rings is 1. The molecule has 1 aromatic rings. The molecule has 1 amide bonds. The van der Waals surface area contributed by atoms with Crippen molar-refractivity contribution in [3.63, 3.8) is 0 Å². The van der Waals surface area contributed by atoms with E-state index in [4.69, 9.17) is 9.47 Å². The Hall–Kier alpha value is -1.63. The van der Waals surface area contributed by atoms with Gasteiger partial charge in [-0.1, -0.05) is 0 Å². The van der Waals surface area contributed by atoms with Gasteiger partial charge >= 0.3 is 0 Å². The number of halogens is 1. The monoisotopic (exact) mass is 398 g/mol.